The zero-order valence-corrected chi connectivity index (χ0v) is 9.28. The SMILES string of the molecule is CCc1cc(-c2cccc(Br)n2)no1. The van der Waals surface area contributed by atoms with Gasteiger partial charge >= 0.3 is 0 Å². The Hall–Kier alpha value is -1.16. The topological polar surface area (TPSA) is 38.9 Å². The first-order valence-corrected chi connectivity index (χ1v) is 5.17. The van der Waals surface area contributed by atoms with Crippen molar-refractivity contribution in [3.63, 3.8) is 0 Å². The molecule has 0 atom stereocenters. The highest BCUT2D eigenvalue weighted by Crippen LogP contribution is 2.18. The predicted molar refractivity (Wildman–Crippen MR) is 56.8 cm³/mol. The molecule has 0 unspecified atom stereocenters. The zero-order valence-electron chi connectivity index (χ0n) is 7.70. The summed E-state index contributed by atoms with van der Waals surface area (Å²) >= 11 is 3.31. The fourth-order valence-electron chi connectivity index (χ4n) is 1.15. The highest BCUT2D eigenvalue weighted by Gasteiger charge is 2.06. The van der Waals surface area contributed by atoms with Crippen LogP contribution in [-0.4, -0.2) is 10.1 Å². The molecule has 0 radical (unpaired) electrons. The summed E-state index contributed by atoms with van der Waals surface area (Å²) in [5.74, 6) is 0.877. The maximum absolute atomic E-state index is 5.10. The van der Waals surface area contributed by atoms with Crippen LogP contribution in [0.3, 0.4) is 0 Å². The van der Waals surface area contributed by atoms with Gasteiger partial charge in [0, 0.05) is 12.5 Å². The number of aromatic nitrogens is 2. The van der Waals surface area contributed by atoms with Crippen LogP contribution in [0.15, 0.2) is 33.4 Å². The molecule has 0 N–H and O–H groups in total. The average Bonchev–Trinajstić information content (AvgIpc) is 2.66. The molecule has 0 amide bonds. The normalized spacial score (nSPS) is 10.4. The van der Waals surface area contributed by atoms with Gasteiger partial charge in [-0.2, -0.15) is 0 Å². The van der Waals surface area contributed by atoms with Crippen molar-refractivity contribution in [3.8, 4) is 11.4 Å². The largest absolute Gasteiger partial charge is 0.361 e. The third kappa shape index (κ3) is 1.85. The molecular weight excluding hydrogens is 244 g/mol. The molecule has 3 nitrogen and oxygen atoms in total. The van der Waals surface area contributed by atoms with Crippen molar-refractivity contribution in [2.24, 2.45) is 0 Å². The summed E-state index contributed by atoms with van der Waals surface area (Å²) in [5.41, 5.74) is 1.60. The van der Waals surface area contributed by atoms with Gasteiger partial charge in [-0.05, 0) is 28.1 Å². The van der Waals surface area contributed by atoms with Crippen LogP contribution in [0.1, 0.15) is 12.7 Å². The molecule has 2 aromatic rings. The Labute approximate surface area is 90.3 Å². The standard InChI is InChI=1S/C10H9BrN2O/c1-2-7-6-9(13-14-7)8-4-3-5-10(11)12-8/h3-6H,2H2,1H3. The van der Waals surface area contributed by atoms with Crippen LogP contribution in [0.25, 0.3) is 11.4 Å². The lowest BCUT2D eigenvalue weighted by Gasteiger charge is -1.93. The Morgan fingerprint density at radius 3 is 2.86 bits per heavy atom. The molecule has 0 bridgehead atoms. The van der Waals surface area contributed by atoms with E-state index in [0.29, 0.717) is 0 Å². The lowest BCUT2D eigenvalue weighted by molar-refractivity contribution is 0.389. The molecule has 0 spiro atoms. The maximum Gasteiger partial charge on any atom is 0.137 e. The Morgan fingerprint density at radius 1 is 1.36 bits per heavy atom. The number of hydrogen-bond donors (Lipinski definition) is 0. The highest BCUT2D eigenvalue weighted by molar-refractivity contribution is 9.10. The van der Waals surface area contributed by atoms with Crippen LogP contribution in [0.4, 0.5) is 0 Å². The molecule has 2 rings (SSSR count). The van der Waals surface area contributed by atoms with E-state index in [1.54, 1.807) is 0 Å². The molecule has 0 saturated heterocycles. The van der Waals surface area contributed by atoms with Gasteiger partial charge in [-0.25, -0.2) is 4.98 Å². The quantitative estimate of drug-likeness (QED) is 0.772. The Kier molecular flexibility index (Phi) is 2.63. The molecule has 0 fully saturated rings. The summed E-state index contributed by atoms with van der Waals surface area (Å²) in [7, 11) is 0. The van der Waals surface area contributed by atoms with Gasteiger partial charge in [-0.1, -0.05) is 18.1 Å². The summed E-state index contributed by atoms with van der Waals surface area (Å²) in [4.78, 5) is 4.29. The summed E-state index contributed by atoms with van der Waals surface area (Å²) in [5, 5.41) is 3.94. The van der Waals surface area contributed by atoms with Crippen molar-refractivity contribution in [2.45, 2.75) is 13.3 Å². The molecule has 0 saturated carbocycles. The Bertz CT molecular complexity index is 439. The minimum absolute atomic E-state index is 0.781. The minimum atomic E-state index is 0.781. The number of pyridine rings is 1. The predicted octanol–water partition coefficient (Wildman–Crippen LogP) is 3.06. The molecule has 2 heterocycles. The second-order valence-corrected chi connectivity index (χ2v) is 3.69. The van der Waals surface area contributed by atoms with Crippen LogP contribution in [0, 0.1) is 0 Å². The van der Waals surface area contributed by atoms with E-state index >= 15 is 0 Å². The van der Waals surface area contributed by atoms with E-state index < -0.39 is 0 Å². The van der Waals surface area contributed by atoms with Gasteiger partial charge in [0.2, 0.25) is 0 Å². The molecule has 0 aliphatic carbocycles. The number of nitrogens with zero attached hydrogens (tertiary/aromatic N) is 2. The van der Waals surface area contributed by atoms with E-state index in [2.05, 4.69) is 26.1 Å². The van der Waals surface area contributed by atoms with Crippen molar-refractivity contribution >= 4 is 15.9 Å². The Balaban J connectivity index is 2.39. The molecule has 72 valence electrons. The van der Waals surface area contributed by atoms with Gasteiger partial charge < -0.3 is 4.52 Å². The summed E-state index contributed by atoms with van der Waals surface area (Å²) in [6.45, 7) is 2.03. The maximum atomic E-state index is 5.10. The smallest absolute Gasteiger partial charge is 0.137 e. The van der Waals surface area contributed by atoms with Crippen LogP contribution >= 0.6 is 15.9 Å². The molecule has 0 aliphatic rings. The van der Waals surface area contributed by atoms with Crippen molar-refractivity contribution in [2.75, 3.05) is 0 Å². The van der Waals surface area contributed by atoms with E-state index in [4.69, 9.17) is 4.52 Å². The average molecular weight is 253 g/mol. The molecule has 2 aromatic heterocycles. The first-order valence-electron chi connectivity index (χ1n) is 4.38. The van der Waals surface area contributed by atoms with E-state index in [1.807, 2.05) is 31.2 Å². The van der Waals surface area contributed by atoms with Crippen LogP contribution < -0.4 is 0 Å². The van der Waals surface area contributed by atoms with Gasteiger partial charge in [0.1, 0.15) is 16.1 Å². The van der Waals surface area contributed by atoms with Gasteiger partial charge in [0.05, 0.1) is 5.69 Å². The second-order valence-electron chi connectivity index (χ2n) is 2.88. The second kappa shape index (κ2) is 3.92. The molecule has 0 aliphatic heterocycles. The van der Waals surface area contributed by atoms with Gasteiger partial charge in [0.15, 0.2) is 0 Å². The zero-order chi connectivity index (χ0) is 9.97. The monoisotopic (exact) mass is 252 g/mol. The van der Waals surface area contributed by atoms with Crippen LogP contribution in [-0.2, 0) is 6.42 Å². The fraction of sp³-hybridized carbons (Fsp3) is 0.200. The lowest BCUT2D eigenvalue weighted by Crippen LogP contribution is -1.82. The van der Waals surface area contributed by atoms with Gasteiger partial charge in [0.25, 0.3) is 0 Å². The van der Waals surface area contributed by atoms with E-state index in [1.165, 1.54) is 0 Å². The van der Waals surface area contributed by atoms with E-state index in [9.17, 15) is 0 Å². The third-order valence-corrected chi connectivity index (χ3v) is 2.33. The van der Waals surface area contributed by atoms with E-state index in [-0.39, 0.29) is 0 Å². The van der Waals surface area contributed by atoms with Crippen molar-refractivity contribution in [1.29, 1.82) is 0 Å². The van der Waals surface area contributed by atoms with Gasteiger partial charge in [-0.3, -0.25) is 0 Å². The van der Waals surface area contributed by atoms with Crippen LogP contribution in [0.5, 0.6) is 0 Å². The van der Waals surface area contributed by atoms with Gasteiger partial charge in [-0.15, -0.1) is 0 Å². The summed E-state index contributed by atoms with van der Waals surface area (Å²) in [6, 6.07) is 7.62. The van der Waals surface area contributed by atoms with Crippen molar-refractivity contribution in [1.82, 2.24) is 10.1 Å². The van der Waals surface area contributed by atoms with E-state index in [0.717, 1.165) is 28.2 Å². The first kappa shape index (κ1) is 9.40. The summed E-state index contributed by atoms with van der Waals surface area (Å²) < 4.78 is 5.90. The Morgan fingerprint density at radius 2 is 2.21 bits per heavy atom. The number of aryl methyl sites for hydroxylation is 1. The molecule has 4 heteroatoms. The third-order valence-electron chi connectivity index (χ3n) is 1.88. The lowest BCUT2D eigenvalue weighted by atomic mass is 10.2. The number of halogens is 1. The molecule has 14 heavy (non-hydrogen) atoms. The first-order chi connectivity index (χ1) is 6.79. The fourth-order valence-corrected chi connectivity index (χ4v) is 1.49. The number of hydrogen-bond acceptors (Lipinski definition) is 3. The number of rotatable bonds is 2. The van der Waals surface area contributed by atoms with Crippen molar-refractivity contribution < 1.29 is 4.52 Å². The highest BCUT2D eigenvalue weighted by atomic mass is 79.9. The van der Waals surface area contributed by atoms with Crippen molar-refractivity contribution in [3.05, 3.63) is 34.6 Å². The van der Waals surface area contributed by atoms with Crippen LogP contribution in [0.2, 0.25) is 0 Å². The molecule has 0 aromatic carbocycles. The molecular formula is C10H9BrN2O. The summed E-state index contributed by atoms with van der Waals surface area (Å²) in [6.07, 6.45) is 0.848. The minimum Gasteiger partial charge on any atom is -0.361 e.